The van der Waals surface area contributed by atoms with Gasteiger partial charge in [-0.1, -0.05) is 33.1 Å². The summed E-state index contributed by atoms with van der Waals surface area (Å²) in [5, 5.41) is 3.71. The van der Waals surface area contributed by atoms with E-state index >= 15 is 0 Å². The van der Waals surface area contributed by atoms with Crippen LogP contribution in [-0.4, -0.2) is 37.1 Å². The van der Waals surface area contributed by atoms with Crippen LogP contribution < -0.4 is 5.32 Å². The van der Waals surface area contributed by atoms with Crippen LogP contribution in [0, 0.1) is 5.92 Å². The van der Waals surface area contributed by atoms with Gasteiger partial charge in [-0.15, -0.1) is 0 Å². The molecular weight excluding hydrogens is 196 g/mol. The van der Waals surface area contributed by atoms with Gasteiger partial charge in [0, 0.05) is 12.6 Å². The second-order valence-corrected chi connectivity index (χ2v) is 5.30. The molecule has 1 fully saturated rings. The minimum atomic E-state index is 0.641. The highest BCUT2D eigenvalue weighted by Crippen LogP contribution is 2.22. The molecule has 0 amide bonds. The predicted molar refractivity (Wildman–Crippen MR) is 71.8 cm³/mol. The van der Waals surface area contributed by atoms with E-state index < -0.39 is 0 Å². The van der Waals surface area contributed by atoms with Crippen LogP contribution in [0.3, 0.4) is 0 Å². The molecule has 0 aliphatic heterocycles. The molecule has 2 nitrogen and oxygen atoms in total. The maximum absolute atomic E-state index is 3.71. The third-order valence-corrected chi connectivity index (χ3v) is 3.91. The molecule has 1 saturated carbocycles. The summed E-state index contributed by atoms with van der Waals surface area (Å²) < 4.78 is 0. The molecule has 0 aromatic carbocycles. The van der Waals surface area contributed by atoms with Crippen molar-refractivity contribution in [2.24, 2.45) is 5.92 Å². The van der Waals surface area contributed by atoms with Gasteiger partial charge >= 0.3 is 0 Å². The molecule has 1 aliphatic carbocycles. The topological polar surface area (TPSA) is 15.3 Å². The van der Waals surface area contributed by atoms with Gasteiger partial charge in [0.1, 0.15) is 0 Å². The van der Waals surface area contributed by atoms with Gasteiger partial charge in [0.15, 0.2) is 0 Å². The van der Waals surface area contributed by atoms with E-state index in [0.29, 0.717) is 6.04 Å². The zero-order valence-corrected chi connectivity index (χ0v) is 11.5. The molecule has 0 aromatic rings. The van der Waals surface area contributed by atoms with E-state index in [1.807, 2.05) is 0 Å². The highest BCUT2D eigenvalue weighted by molar-refractivity contribution is 4.72. The summed E-state index contributed by atoms with van der Waals surface area (Å²) in [4.78, 5) is 2.50. The average molecular weight is 226 g/mol. The van der Waals surface area contributed by atoms with Crippen LogP contribution in [0.4, 0.5) is 0 Å². The fraction of sp³-hybridized carbons (Fsp3) is 1.00. The largest absolute Gasteiger partial charge is 0.313 e. The molecule has 0 bridgehead atoms. The lowest BCUT2D eigenvalue weighted by atomic mass is 9.89. The minimum Gasteiger partial charge on any atom is -0.313 e. The Hall–Kier alpha value is -0.0800. The zero-order valence-electron chi connectivity index (χ0n) is 11.5. The first kappa shape index (κ1) is 14.0. The van der Waals surface area contributed by atoms with Crippen molar-refractivity contribution in [2.75, 3.05) is 26.2 Å². The summed E-state index contributed by atoms with van der Waals surface area (Å²) in [6, 6.07) is 0.641. The number of likely N-dealkylation sites (N-methyl/N-ethyl adjacent to an activating group) is 1. The normalized spacial score (nSPS) is 20.2. The number of hydrogen-bond donors (Lipinski definition) is 1. The van der Waals surface area contributed by atoms with Gasteiger partial charge < -0.3 is 10.2 Å². The summed E-state index contributed by atoms with van der Waals surface area (Å²) in [7, 11) is 0. The molecule has 16 heavy (non-hydrogen) atoms. The molecule has 1 aliphatic rings. The molecular formula is C14H30N2. The van der Waals surface area contributed by atoms with Crippen molar-refractivity contribution in [3.05, 3.63) is 0 Å². The van der Waals surface area contributed by atoms with E-state index in [2.05, 4.69) is 31.0 Å². The SMILES string of the molecule is CCN(CC)CC(C)NCC1CCCCC1. The van der Waals surface area contributed by atoms with Crippen LogP contribution in [-0.2, 0) is 0 Å². The Bertz CT molecular complexity index is 160. The van der Waals surface area contributed by atoms with Crippen molar-refractivity contribution >= 4 is 0 Å². The first-order valence-corrected chi connectivity index (χ1v) is 7.22. The van der Waals surface area contributed by atoms with Crippen LogP contribution in [0.2, 0.25) is 0 Å². The van der Waals surface area contributed by atoms with E-state index in [9.17, 15) is 0 Å². The Labute approximate surface area is 102 Å². The monoisotopic (exact) mass is 226 g/mol. The molecule has 0 aromatic heterocycles. The second kappa shape index (κ2) is 8.08. The molecule has 1 unspecified atom stereocenters. The molecule has 0 spiro atoms. The molecule has 1 N–H and O–H groups in total. The predicted octanol–water partition coefficient (Wildman–Crippen LogP) is 2.89. The molecule has 96 valence electrons. The fourth-order valence-corrected chi connectivity index (χ4v) is 2.69. The van der Waals surface area contributed by atoms with Crippen LogP contribution in [0.25, 0.3) is 0 Å². The molecule has 0 radical (unpaired) electrons. The van der Waals surface area contributed by atoms with Gasteiger partial charge in [-0.3, -0.25) is 0 Å². The second-order valence-electron chi connectivity index (χ2n) is 5.30. The molecule has 1 atom stereocenters. The number of nitrogens with zero attached hydrogens (tertiary/aromatic N) is 1. The van der Waals surface area contributed by atoms with Gasteiger partial charge in [-0.25, -0.2) is 0 Å². The first-order valence-electron chi connectivity index (χ1n) is 7.22. The Morgan fingerprint density at radius 3 is 2.31 bits per heavy atom. The van der Waals surface area contributed by atoms with Crippen molar-refractivity contribution in [2.45, 2.75) is 58.9 Å². The van der Waals surface area contributed by atoms with Crippen molar-refractivity contribution in [3.63, 3.8) is 0 Å². The van der Waals surface area contributed by atoms with Crippen LogP contribution in [0.1, 0.15) is 52.9 Å². The molecule has 0 heterocycles. The smallest absolute Gasteiger partial charge is 0.0166 e. The van der Waals surface area contributed by atoms with E-state index in [1.54, 1.807) is 0 Å². The summed E-state index contributed by atoms with van der Waals surface area (Å²) in [5.41, 5.74) is 0. The summed E-state index contributed by atoms with van der Waals surface area (Å²) in [6.45, 7) is 11.6. The highest BCUT2D eigenvalue weighted by Gasteiger charge is 2.14. The lowest BCUT2D eigenvalue weighted by molar-refractivity contribution is 0.257. The third kappa shape index (κ3) is 5.31. The Kier molecular flexibility index (Phi) is 7.06. The van der Waals surface area contributed by atoms with Crippen molar-refractivity contribution < 1.29 is 0 Å². The van der Waals surface area contributed by atoms with Gasteiger partial charge in [0.2, 0.25) is 0 Å². The fourth-order valence-electron chi connectivity index (χ4n) is 2.69. The summed E-state index contributed by atoms with van der Waals surface area (Å²) in [5.74, 6) is 0.952. The number of rotatable bonds is 7. The summed E-state index contributed by atoms with van der Waals surface area (Å²) >= 11 is 0. The van der Waals surface area contributed by atoms with Crippen molar-refractivity contribution in [1.29, 1.82) is 0 Å². The van der Waals surface area contributed by atoms with Crippen LogP contribution in [0.15, 0.2) is 0 Å². The maximum atomic E-state index is 3.71. The molecule has 0 saturated heterocycles. The van der Waals surface area contributed by atoms with Gasteiger partial charge in [0.05, 0.1) is 0 Å². The highest BCUT2D eigenvalue weighted by atomic mass is 15.1. The minimum absolute atomic E-state index is 0.641. The summed E-state index contributed by atoms with van der Waals surface area (Å²) in [6.07, 6.45) is 7.27. The lowest BCUT2D eigenvalue weighted by Gasteiger charge is -2.27. The van der Waals surface area contributed by atoms with E-state index in [4.69, 9.17) is 0 Å². The van der Waals surface area contributed by atoms with Crippen molar-refractivity contribution in [1.82, 2.24) is 10.2 Å². The van der Waals surface area contributed by atoms with E-state index in [1.165, 1.54) is 58.3 Å². The molecule has 1 rings (SSSR count). The Morgan fingerprint density at radius 1 is 1.12 bits per heavy atom. The van der Waals surface area contributed by atoms with Gasteiger partial charge in [-0.2, -0.15) is 0 Å². The standard InChI is InChI=1S/C14H30N2/c1-4-16(5-2)12-13(3)15-11-14-9-7-6-8-10-14/h13-15H,4-12H2,1-3H3. The third-order valence-electron chi connectivity index (χ3n) is 3.91. The average Bonchev–Trinajstić information content (AvgIpc) is 2.34. The zero-order chi connectivity index (χ0) is 11.8. The lowest BCUT2D eigenvalue weighted by Crippen LogP contribution is -2.41. The first-order chi connectivity index (χ1) is 7.76. The quantitative estimate of drug-likeness (QED) is 0.718. The number of hydrogen-bond acceptors (Lipinski definition) is 2. The van der Waals surface area contributed by atoms with E-state index in [0.717, 1.165) is 5.92 Å². The van der Waals surface area contributed by atoms with Gasteiger partial charge in [0.25, 0.3) is 0 Å². The van der Waals surface area contributed by atoms with Crippen molar-refractivity contribution in [3.8, 4) is 0 Å². The Balaban J connectivity index is 2.10. The number of nitrogens with one attached hydrogen (secondary N) is 1. The van der Waals surface area contributed by atoms with Crippen LogP contribution in [0.5, 0.6) is 0 Å². The maximum Gasteiger partial charge on any atom is 0.0166 e. The van der Waals surface area contributed by atoms with Crippen LogP contribution >= 0.6 is 0 Å². The Morgan fingerprint density at radius 2 is 1.75 bits per heavy atom. The van der Waals surface area contributed by atoms with E-state index in [-0.39, 0.29) is 0 Å². The van der Waals surface area contributed by atoms with Gasteiger partial charge in [-0.05, 0) is 45.3 Å². The molecule has 2 heteroatoms.